The van der Waals surface area contributed by atoms with Gasteiger partial charge in [0.15, 0.2) is 5.78 Å². The summed E-state index contributed by atoms with van der Waals surface area (Å²) in [5.74, 6) is -1.14. The molecule has 0 amide bonds. The van der Waals surface area contributed by atoms with Crippen molar-refractivity contribution in [2.45, 2.75) is 18.9 Å². The molecule has 1 aliphatic rings. The van der Waals surface area contributed by atoms with Gasteiger partial charge in [0.25, 0.3) is 0 Å². The first-order valence-corrected chi connectivity index (χ1v) is 8.01. The van der Waals surface area contributed by atoms with E-state index in [1.165, 1.54) is 0 Å². The van der Waals surface area contributed by atoms with Crippen molar-refractivity contribution in [1.29, 1.82) is 0 Å². The van der Waals surface area contributed by atoms with Crippen molar-refractivity contribution in [3.8, 4) is 0 Å². The number of carbonyl (C=O) groups is 2. The minimum absolute atomic E-state index is 0.167. The van der Waals surface area contributed by atoms with Crippen molar-refractivity contribution in [2.75, 3.05) is 39.4 Å². The van der Waals surface area contributed by atoms with Crippen molar-refractivity contribution < 1.29 is 19.4 Å². The van der Waals surface area contributed by atoms with E-state index in [9.17, 15) is 9.59 Å². The smallest absolute Gasteiger partial charge is 0.305 e. The standard InChI is InChI=1S/C17H24N2O4/c20-16(21)13-15(17(22)14-5-2-1-3-6-14)18-7-4-8-19-9-11-23-12-10-19/h1-3,5-6,15,18H,4,7-13H2,(H,20,21). The van der Waals surface area contributed by atoms with E-state index in [0.717, 1.165) is 39.3 Å². The lowest BCUT2D eigenvalue weighted by Crippen LogP contribution is -2.41. The zero-order valence-electron chi connectivity index (χ0n) is 13.2. The quantitative estimate of drug-likeness (QED) is 0.522. The van der Waals surface area contributed by atoms with Gasteiger partial charge in [0.1, 0.15) is 0 Å². The Morgan fingerprint density at radius 2 is 1.91 bits per heavy atom. The number of nitrogens with one attached hydrogen (secondary N) is 1. The van der Waals surface area contributed by atoms with Crippen molar-refractivity contribution in [2.24, 2.45) is 0 Å². The predicted octanol–water partition coefficient (Wildman–Crippen LogP) is 1.02. The molecule has 1 saturated heterocycles. The molecule has 23 heavy (non-hydrogen) atoms. The Bertz CT molecular complexity index is 501. The van der Waals surface area contributed by atoms with Crippen LogP contribution in [-0.2, 0) is 9.53 Å². The molecule has 2 rings (SSSR count). The average molecular weight is 320 g/mol. The summed E-state index contributed by atoms with van der Waals surface area (Å²) in [6.07, 6.45) is 0.670. The lowest BCUT2D eigenvalue weighted by atomic mass is 10.0. The number of hydrogen-bond donors (Lipinski definition) is 2. The molecule has 1 aromatic carbocycles. The first-order chi connectivity index (χ1) is 11.2. The molecule has 6 heteroatoms. The summed E-state index contributed by atoms with van der Waals surface area (Å²) in [5, 5.41) is 12.1. The normalized spacial score (nSPS) is 16.9. The van der Waals surface area contributed by atoms with Gasteiger partial charge in [0.2, 0.25) is 0 Å². The van der Waals surface area contributed by atoms with Gasteiger partial charge in [-0.3, -0.25) is 14.5 Å². The molecule has 1 aliphatic heterocycles. The van der Waals surface area contributed by atoms with E-state index < -0.39 is 12.0 Å². The maximum Gasteiger partial charge on any atom is 0.305 e. The molecule has 0 radical (unpaired) electrons. The van der Waals surface area contributed by atoms with E-state index in [1.807, 2.05) is 6.07 Å². The minimum Gasteiger partial charge on any atom is -0.481 e. The average Bonchev–Trinajstić information content (AvgIpc) is 2.58. The van der Waals surface area contributed by atoms with Gasteiger partial charge in [0, 0.05) is 18.7 Å². The third-order valence-corrected chi connectivity index (χ3v) is 3.90. The third kappa shape index (κ3) is 6.09. The highest BCUT2D eigenvalue weighted by molar-refractivity contribution is 6.01. The molecular weight excluding hydrogens is 296 g/mol. The van der Waals surface area contributed by atoms with Crippen LogP contribution in [0.4, 0.5) is 0 Å². The second-order valence-electron chi connectivity index (χ2n) is 5.64. The summed E-state index contributed by atoms with van der Waals surface area (Å²) in [4.78, 5) is 25.8. The SMILES string of the molecule is O=C(O)CC(NCCCN1CCOCC1)C(=O)c1ccccc1. The Hall–Kier alpha value is -1.76. The topological polar surface area (TPSA) is 78.9 Å². The summed E-state index contributed by atoms with van der Waals surface area (Å²) in [6.45, 7) is 4.94. The number of nitrogens with zero attached hydrogens (tertiary/aromatic N) is 1. The summed E-state index contributed by atoms with van der Waals surface area (Å²) in [6, 6.07) is 8.14. The Balaban J connectivity index is 1.81. The highest BCUT2D eigenvalue weighted by Crippen LogP contribution is 2.07. The maximum absolute atomic E-state index is 12.4. The van der Waals surface area contributed by atoms with Crippen molar-refractivity contribution in [3.63, 3.8) is 0 Å². The van der Waals surface area contributed by atoms with Crippen LogP contribution in [0.2, 0.25) is 0 Å². The van der Waals surface area contributed by atoms with Gasteiger partial charge in [-0.25, -0.2) is 0 Å². The predicted molar refractivity (Wildman–Crippen MR) is 86.7 cm³/mol. The molecule has 2 N–H and O–H groups in total. The second kappa shape index (κ2) is 9.39. The van der Waals surface area contributed by atoms with E-state index in [1.54, 1.807) is 24.3 Å². The van der Waals surface area contributed by atoms with E-state index in [0.29, 0.717) is 12.1 Å². The molecule has 126 valence electrons. The molecule has 1 atom stereocenters. The van der Waals surface area contributed by atoms with Gasteiger partial charge in [-0.1, -0.05) is 30.3 Å². The maximum atomic E-state index is 12.4. The van der Waals surface area contributed by atoms with Gasteiger partial charge in [-0.2, -0.15) is 0 Å². The fraction of sp³-hybridized carbons (Fsp3) is 0.529. The molecule has 0 aromatic heterocycles. The largest absolute Gasteiger partial charge is 0.481 e. The molecule has 1 aromatic rings. The number of hydrogen-bond acceptors (Lipinski definition) is 5. The molecule has 1 unspecified atom stereocenters. The number of carbonyl (C=O) groups excluding carboxylic acids is 1. The minimum atomic E-state index is -0.972. The number of ether oxygens (including phenoxy) is 1. The van der Waals surface area contributed by atoms with E-state index in [4.69, 9.17) is 9.84 Å². The molecule has 6 nitrogen and oxygen atoms in total. The summed E-state index contributed by atoms with van der Waals surface area (Å²) < 4.78 is 5.30. The van der Waals surface area contributed by atoms with Crippen LogP contribution in [0, 0.1) is 0 Å². The highest BCUT2D eigenvalue weighted by atomic mass is 16.5. The number of Topliss-reactive ketones (excluding diaryl/α,β-unsaturated/α-hetero) is 1. The van der Waals surface area contributed by atoms with Crippen LogP contribution in [0.3, 0.4) is 0 Å². The van der Waals surface area contributed by atoms with Crippen LogP contribution in [-0.4, -0.2) is 67.2 Å². The fourth-order valence-electron chi connectivity index (χ4n) is 2.64. The summed E-state index contributed by atoms with van der Waals surface area (Å²) in [5.41, 5.74) is 0.541. The third-order valence-electron chi connectivity index (χ3n) is 3.90. The van der Waals surface area contributed by atoms with Crippen molar-refractivity contribution in [1.82, 2.24) is 10.2 Å². The lowest BCUT2D eigenvalue weighted by molar-refractivity contribution is -0.137. The van der Waals surface area contributed by atoms with Gasteiger partial charge >= 0.3 is 5.97 Å². The Labute approximate surface area is 136 Å². The lowest BCUT2D eigenvalue weighted by Gasteiger charge is -2.26. The number of carboxylic acid groups (broad SMARTS) is 1. The number of benzene rings is 1. The monoisotopic (exact) mass is 320 g/mol. The Kier molecular flexibility index (Phi) is 7.19. The first-order valence-electron chi connectivity index (χ1n) is 8.01. The van der Waals surface area contributed by atoms with Crippen LogP contribution in [0.25, 0.3) is 0 Å². The molecule has 0 bridgehead atoms. The van der Waals surface area contributed by atoms with E-state index in [2.05, 4.69) is 10.2 Å². The summed E-state index contributed by atoms with van der Waals surface area (Å²) >= 11 is 0. The van der Waals surface area contributed by atoms with Crippen LogP contribution in [0.15, 0.2) is 30.3 Å². The second-order valence-corrected chi connectivity index (χ2v) is 5.64. The number of rotatable bonds is 9. The fourth-order valence-corrected chi connectivity index (χ4v) is 2.64. The first kappa shape index (κ1) is 17.6. The Morgan fingerprint density at radius 3 is 2.57 bits per heavy atom. The van der Waals surface area contributed by atoms with E-state index >= 15 is 0 Å². The van der Waals surface area contributed by atoms with Crippen molar-refractivity contribution >= 4 is 11.8 Å². The zero-order chi connectivity index (χ0) is 16.5. The van der Waals surface area contributed by atoms with Crippen LogP contribution in [0.1, 0.15) is 23.2 Å². The van der Waals surface area contributed by atoms with Gasteiger partial charge < -0.3 is 15.2 Å². The van der Waals surface area contributed by atoms with Gasteiger partial charge in [-0.05, 0) is 19.5 Å². The molecule has 1 heterocycles. The van der Waals surface area contributed by atoms with Crippen LogP contribution in [0.5, 0.6) is 0 Å². The van der Waals surface area contributed by atoms with Crippen LogP contribution < -0.4 is 5.32 Å². The molecule has 0 saturated carbocycles. The molecular formula is C17H24N2O4. The molecule has 0 aliphatic carbocycles. The number of carboxylic acids is 1. The van der Waals surface area contributed by atoms with E-state index in [-0.39, 0.29) is 12.2 Å². The number of ketones is 1. The van der Waals surface area contributed by atoms with Crippen molar-refractivity contribution in [3.05, 3.63) is 35.9 Å². The van der Waals surface area contributed by atoms with Gasteiger partial charge in [-0.15, -0.1) is 0 Å². The Morgan fingerprint density at radius 1 is 1.22 bits per heavy atom. The molecule has 0 spiro atoms. The highest BCUT2D eigenvalue weighted by Gasteiger charge is 2.22. The zero-order valence-corrected chi connectivity index (χ0v) is 13.2. The number of morpholine rings is 1. The molecule has 1 fully saturated rings. The summed E-state index contributed by atoms with van der Waals surface area (Å²) in [7, 11) is 0. The van der Waals surface area contributed by atoms with Gasteiger partial charge in [0.05, 0.1) is 25.7 Å². The number of aliphatic carboxylic acids is 1. The van der Waals surface area contributed by atoms with Crippen LogP contribution >= 0.6 is 0 Å².